The Kier molecular flexibility index (Phi) is 6.60. The average Bonchev–Trinajstić information content (AvgIpc) is 3.44. The van der Waals surface area contributed by atoms with Crippen LogP contribution < -0.4 is 5.01 Å². The van der Waals surface area contributed by atoms with Gasteiger partial charge in [0.15, 0.2) is 0 Å². The largest absolute Gasteiger partial charge is 0.494 e. The van der Waals surface area contributed by atoms with Crippen LogP contribution in [0.1, 0.15) is 32.3 Å². The van der Waals surface area contributed by atoms with Crippen molar-refractivity contribution in [1.29, 1.82) is 5.26 Å². The average molecular weight is 450 g/mol. The summed E-state index contributed by atoms with van der Waals surface area (Å²) in [4.78, 5) is 13.2. The molecule has 34 heavy (non-hydrogen) atoms. The second-order valence-electron chi connectivity index (χ2n) is 8.35. The Balaban J connectivity index is 1.47. The molecule has 0 spiro atoms. The van der Waals surface area contributed by atoms with Crippen LogP contribution in [0.25, 0.3) is 5.57 Å². The van der Waals surface area contributed by atoms with Crippen molar-refractivity contribution >= 4 is 22.9 Å². The highest BCUT2D eigenvalue weighted by atomic mass is 16.5. The molecule has 1 aromatic rings. The van der Waals surface area contributed by atoms with Gasteiger partial charge in [0, 0.05) is 11.5 Å². The Morgan fingerprint density at radius 1 is 1.26 bits per heavy atom. The third kappa shape index (κ3) is 4.49. The summed E-state index contributed by atoms with van der Waals surface area (Å²) in [5, 5.41) is 14.9. The molecule has 170 valence electrons. The lowest BCUT2D eigenvalue weighted by atomic mass is 9.83. The Morgan fingerprint density at radius 2 is 2.03 bits per heavy atom. The van der Waals surface area contributed by atoms with Gasteiger partial charge in [0.05, 0.1) is 35.2 Å². The van der Waals surface area contributed by atoms with E-state index in [0.717, 1.165) is 35.3 Å². The predicted molar refractivity (Wildman–Crippen MR) is 137 cm³/mol. The van der Waals surface area contributed by atoms with E-state index in [2.05, 4.69) is 48.6 Å². The van der Waals surface area contributed by atoms with Crippen molar-refractivity contribution < 1.29 is 9.53 Å². The fourth-order valence-corrected chi connectivity index (χ4v) is 4.34. The van der Waals surface area contributed by atoms with Crippen molar-refractivity contribution in [1.82, 2.24) is 0 Å². The molecule has 1 aromatic carbocycles. The molecule has 3 aliphatic rings. The Bertz CT molecular complexity index is 1280. The Morgan fingerprint density at radius 3 is 2.74 bits per heavy atom. The summed E-state index contributed by atoms with van der Waals surface area (Å²) in [6.07, 6.45) is 14.1. The number of hydrogen-bond donors (Lipinski definition) is 0. The van der Waals surface area contributed by atoms with Crippen LogP contribution in [0.4, 0.5) is 5.69 Å². The van der Waals surface area contributed by atoms with Gasteiger partial charge in [-0.3, -0.25) is 4.79 Å². The zero-order chi connectivity index (χ0) is 24.2. The van der Waals surface area contributed by atoms with E-state index in [1.165, 1.54) is 10.6 Å². The molecule has 0 N–H and O–H groups in total. The van der Waals surface area contributed by atoms with Crippen LogP contribution in [0, 0.1) is 17.2 Å². The molecule has 5 nitrogen and oxygen atoms in total. The van der Waals surface area contributed by atoms with Crippen LogP contribution in [0.3, 0.4) is 0 Å². The van der Waals surface area contributed by atoms with E-state index in [1.807, 2.05) is 26.0 Å². The third-order valence-corrected chi connectivity index (χ3v) is 6.15. The zero-order valence-corrected chi connectivity index (χ0v) is 19.5. The molecule has 0 fully saturated rings. The minimum Gasteiger partial charge on any atom is -0.494 e. The minimum atomic E-state index is -0.162. The van der Waals surface area contributed by atoms with Gasteiger partial charge < -0.3 is 4.74 Å². The number of carbonyl (C=O) groups is 1. The van der Waals surface area contributed by atoms with E-state index in [0.29, 0.717) is 29.2 Å². The number of hydrogen-bond acceptors (Lipinski definition) is 4. The first-order valence-corrected chi connectivity index (χ1v) is 11.3. The van der Waals surface area contributed by atoms with Crippen molar-refractivity contribution in [2.45, 2.75) is 26.7 Å². The van der Waals surface area contributed by atoms with Crippen molar-refractivity contribution in [2.24, 2.45) is 11.0 Å². The summed E-state index contributed by atoms with van der Waals surface area (Å²) in [5.74, 6) is 0.784. The van der Waals surface area contributed by atoms with E-state index in [1.54, 1.807) is 24.3 Å². The fourth-order valence-electron chi connectivity index (χ4n) is 4.34. The topological polar surface area (TPSA) is 65.7 Å². The molecule has 0 bridgehead atoms. The zero-order valence-electron chi connectivity index (χ0n) is 19.5. The predicted octanol–water partition coefficient (Wildman–Crippen LogP) is 6.18. The number of allylic oxidation sites excluding steroid dienone is 10. The van der Waals surface area contributed by atoms with E-state index in [9.17, 15) is 4.79 Å². The minimum absolute atomic E-state index is 0.162. The molecule has 1 heterocycles. The maximum absolute atomic E-state index is 13.2. The molecule has 0 aromatic heterocycles. The second-order valence-corrected chi connectivity index (χ2v) is 8.35. The molecule has 5 heteroatoms. The summed E-state index contributed by atoms with van der Waals surface area (Å²) in [6, 6.07) is 9.14. The standard InChI is InChI=1S/C29H27N3O2/c1-5-34-21(4)26-8-6-7-9-27(26)24-11-10-22(16-24)17-28-20(3)31-32(29(28)33)25-14-12-23(13-15-25)19(2)18-30/h6-8,10-15,17,27H,2,4-5,9,16H2,1,3H3/b28-17-. The molecule has 1 amide bonds. The fraction of sp³-hybridized carbons (Fsp3) is 0.207. The first kappa shape index (κ1) is 23.0. The molecule has 2 aliphatic carbocycles. The van der Waals surface area contributed by atoms with Crippen LogP contribution in [-0.4, -0.2) is 18.2 Å². The van der Waals surface area contributed by atoms with Gasteiger partial charge in [-0.2, -0.15) is 15.4 Å². The maximum Gasteiger partial charge on any atom is 0.280 e. The number of anilines is 1. The lowest BCUT2D eigenvalue weighted by molar-refractivity contribution is -0.114. The van der Waals surface area contributed by atoms with Crippen molar-refractivity contribution in [3.05, 3.63) is 107 Å². The monoisotopic (exact) mass is 449 g/mol. The van der Waals surface area contributed by atoms with Gasteiger partial charge in [-0.05, 0) is 56.0 Å². The van der Waals surface area contributed by atoms with E-state index in [4.69, 9.17) is 10.00 Å². The number of amides is 1. The first-order valence-electron chi connectivity index (χ1n) is 11.3. The van der Waals surface area contributed by atoms with Crippen molar-refractivity contribution in [2.75, 3.05) is 11.6 Å². The van der Waals surface area contributed by atoms with Crippen LogP contribution in [-0.2, 0) is 9.53 Å². The lowest BCUT2D eigenvalue weighted by Crippen LogP contribution is -2.21. The summed E-state index contributed by atoms with van der Waals surface area (Å²) < 4.78 is 5.67. The maximum atomic E-state index is 13.2. The van der Waals surface area contributed by atoms with Gasteiger partial charge in [0.25, 0.3) is 5.91 Å². The number of carbonyl (C=O) groups excluding carboxylic acids is 1. The third-order valence-electron chi connectivity index (χ3n) is 6.15. The van der Waals surface area contributed by atoms with Gasteiger partial charge in [-0.1, -0.05) is 61.2 Å². The number of hydrazone groups is 1. The molecular weight excluding hydrogens is 422 g/mol. The summed E-state index contributed by atoms with van der Waals surface area (Å²) in [6.45, 7) is 12.2. The Hall–Kier alpha value is -4.17. The summed E-state index contributed by atoms with van der Waals surface area (Å²) in [7, 11) is 0. The Labute approximate surface area is 200 Å². The van der Waals surface area contributed by atoms with Crippen molar-refractivity contribution in [3.8, 4) is 6.07 Å². The van der Waals surface area contributed by atoms with E-state index in [-0.39, 0.29) is 11.8 Å². The molecular formula is C29H27N3O2. The van der Waals surface area contributed by atoms with Crippen LogP contribution in [0.15, 0.2) is 107 Å². The normalized spacial score (nSPS) is 20.5. The molecule has 4 rings (SSSR count). The highest BCUT2D eigenvalue weighted by Crippen LogP contribution is 2.38. The number of nitriles is 1. The quantitative estimate of drug-likeness (QED) is 0.284. The SMILES string of the molecule is C=C(OCC)C1=CC=CCC1C1=CC=C(/C=C2\C(=O)N(c3ccc(C(=C)C#N)cc3)N=C2C)C1. The van der Waals surface area contributed by atoms with Gasteiger partial charge >= 0.3 is 0 Å². The number of nitrogens with zero attached hydrogens (tertiary/aromatic N) is 3. The van der Waals surface area contributed by atoms with Gasteiger partial charge in [-0.25, -0.2) is 0 Å². The van der Waals surface area contributed by atoms with Crippen LogP contribution in [0.2, 0.25) is 0 Å². The summed E-state index contributed by atoms with van der Waals surface area (Å²) >= 11 is 0. The van der Waals surface area contributed by atoms with Crippen LogP contribution in [0.5, 0.6) is 0 Å². The number of benzene rings is 1. The van der Waals surface area contributed by atoms with Crippen LogP contribution >= 0.6 is 0 Å². The number of ether oxygens (including phenoxy) is 1. The first-order chi connectivity index (χ1) is 16.4. The highest BCUT2D eigenvalue weighted by molar-refractivity contribution is 6.30. The molecule has 1 atom stereocenters. The number of rotatable bonds is 7. The highest BCUT2D eigenvalue weighted by Gasteiger charge is 2.30. The van der Waals surface area contributed by atoms with Gasteiger partial charge in [-0.15, -0.1) is 0 Å². The molecule has 1 unspecified atom stereocenters. The lowest BCUT2D eigenvalue weighted by Gasteiger charge is -2.24. The van der Waals surface area contributed by atoms with Crippen molar-refractivity contribution in [3.63, 3.8) is 0 Å². The summed E-state index contributed by atoms with van der Waals surface area (Å²) in [5.41, 5.74) is 6.50. The van der Waals surface area contributed by atoms with Gasteiger partial charge in [0.1, 0.15) is 5.76 Å². The molecule has 0 saturated carbocycles. The second kappa shape index (κ2) is 9.76. The van der Waals surface area contributed by atoms with Gasteiger partial charge in [0.2, 0.25) is 0 Å². The molecule has 0 saturated heterocycles. The smallest absolute Gasteiger partial charge is 0.280 e. The van der Waals surface area contributed by atoms with E-state index < -0.39 is 0 Å². The van der Waals surface area contributed by atoms with E-state index >= 15 is 0 Å². The molecule has 0 radical (unpaired) electrons. The molecule has 1 aliphatic heterocycles.